The Labute approximate surface area is 121 Å². The first-order valence-electron chi connectivity index (χ1n) is 6.49. The molecule has 2 aromatic rings. The molecule has 0 heterocycles. The van der Waals surface area contributed by atoms with Crippen molar-refractivity contribution < 1.29 is 13.6 Å². The quantitative estimate of drug-likeness (QED) is 0.883. The van der Waals surface area contributed by atoms with E-state index >= 15 is 0 Å². The molecule has 3 nitrogen and oxygen atoms in total. The maximum Gasteiger partial charge on any atom is 0.263 e. The molecule has 0 saturated heterocycles. The third kappa shape index (κ3) is 3.56. The van der Waals surface area contributed by atoms with Crippen molar-refractivity contribution in [3.05, 3.63) is 64.7 Å². The van der Waals surface area contributed by atoms with Crippen molar-refractivity contribution in [2.24, 2.45) is 5.73 Å². The van der Waals surface area contributed by atoms with Gasteiger partial charge in [0.15, 0.2) is 0 Å². The number of anilines is 1. The minimum absolute atomic E-state index is 0.00524. The van der Waals surface area contributed by atoms with Crippen LogP contribution in [0, 0.1) is 6.92 Å². The van der Waals surface area contributed by atoms with Crippen molar-refractivity contribution in [3.63, 3.8) is 0 Å². The Kier molecular flexibility index (Phi) is 4.52. The molecule has 5 heteroatoms. The molecule has 0 aliphatic heterocycles. The fraction of sp³-hybridized carbons (Fsp3) is 0.188. The van der Waals surface area contributed by atoms with Crippen LogP contribution in [0.4, 0.5) is 14.5 Å². The van der Waals surface area contributed by atoms with Gasteiger partial charge in [-0.2, -0.15) is 0 Å². The van der Waals surface area contributed by atoms with Gasteiger partial charge in [0.2, 0.25) is 5.91 Å². The fourth-order valence-corrected chi connectivity index (χ4v) is 2.07. The summed E-state index contributed by atoms with van der Waals surface area (Å²) in [4.78, 5) is 11.3. The predicted octanol–water partition coefficient (Wildman–Crippen LogP) is 3.64. The van der Waals surface area contributed by atoms with Gasteiger partial charge in [0, 0.05) is 23.4 Å². The minimum Gasteiger partial charge on any atom is -0.381 e. The number of carbonyl (C=O) groups excluding carboxylic acids is 1. The first-order valence-corrected chi connectivity index (χ1v) is 6.49. The summed E-state index contributed by atoms with van der Waals surface area (Å²) in [5.41, 5.74) is 8.22. The third-order valence-electron chi connectivity index (χ3n) is 3.31. The van der Waals surface area contributed by atoms with Crippen LogP contribution in [0.1, 0.15) is 33.5 Å². The second-order valence-electron chi connectivity index (χ2n) is 4.74. The Morgan fingerprint density at radius 1 is 1.19 bits per heavy atom. The Balaban J connectivity index is 2.09. The Hall–Kier alpha value is -2.43. The predicted molar refractivity (Wildman–Crippen MR) is 78.4 cm³/mol. The van der Waals surface area contributed by atoms with Gasteiger partial charge in [0.05, 0.1) is 0 Å². The summed E-state index contributed by atoms with van der Waals surface area (Å²) < 4.78 is 24.9. The number of hydrogen-bond acceptors (Lipinski definition) is 2. The number of nitrogens with two attached hydrogens (primary N) is 1. The van der Waals surface area contributed by atoms with Crippen molar-refractivity contribution in [2.75, 3.05) is 5.32 Å². The smallest absolute Gasteiger partial charge is 0.263 e. The summed E-state index contributed by atoms with van der Waals surface area (Å²) in [6.07, 6.45) is -2.46. The zero-order valence-electron chi connectivity index (χ0n) is 11.6. The van der Waals surface area contributed by atoms with Crippen LogP contribution in [-0.4, -0.2) is 5.91 Å². The molecule has 0 spiro atoms. The topological polar surface area (TPSA) is 55.1 Å². The second-order valence-corrected chi connectivity index (χ2v) is 4.74. The molecule has 0 bridgehead atoms. The third-order valence-corrected chi connectivity index (χ3v) is 3.31. The van der Waals surface area contributed by atoms with Gasteiger partial charge in [-0.25, -0.2) is 8.78 Å². The molecular weight excluding hydrogens is 274 g/mol. The van der Waals surface area contributed by atoms with Crippen LogP contribution in [0.3, 0.4) is 0 Å². The fourth-order valence-electron chi connectivity index (χ4n) is 2.07. The van der Waals surface area contributed by atoms with Gasteiger partial charge >= 0.3 is 0 Å². The molecule has 0 fully saturated rings. The molecule has 0 aliphatic carbocycles. The van der Waals surface area contributed by atoms with E-state index in [1.165, 1.54) is 12.1 Å². The molecule has 0 unspecified atom stereocenters. The van der Waals surface area contributed by atoms with Gasteiger partial charge in [-0.15, -0.1) is 0 Å². The largest absolute Gasteiger partial charge is 0.381 e. The lowest BCUT2D eigenvalue weighted by Crippen LogP contribution is -2.13. The van der Waals surface area contributed by atoms with Crippen LogP contribution in [-0.2, 0) is 6.54 Å². The highest BCUT2D eigenvalue weighted by Crippen LogP contribution is 2.21. The molecule has 0 aliphatic rings. The van der Waals surface area contributed by atoms with E-state index in [0.29, 0.717) is 12.1 Å². The number of benzene rings is 2. The normalized spacial score (nSPS) is 10.7. The van der Waals surface area contributed by atoms with E-state index in [1.807, 2.05) is 13.0 Å². The van der Waals surface area contributed by atoms with Crippen molar-refractivity contribution in [2.45, 2.75) is 19.9 Å². The number of primary amides is 1. The molecule has 1 amide bonds. The average molecular weight is 290 g/mol. The highest BCUT2D eigenvalue weighted by molar-refractivity contribution is 5.95. The maximum absolute atomic E-state index is 12.5. The van der Waals surface area contributed by atoms with E-state index in [4.69, 9.17) is 5.73 Å². The molecule has 0 radical (unpaired) electrons. The number of carbonyl (C=O) groups is 1. The number of alkyl halides is 2. The summed E-state index contributed by atoms with van der Waals surface area (Å²) in [5.74, 6) is -0.475. The Morgan fingerprint density at radius 3 is 2.43 bits per heavy atom. The van der Waals surface area contributed by atoms with E-state index in [2.05, 4.69) is 5.32 Å². The van der Waals surface area contributed by atoms with Crippen LogP contribution in [0.15, 0.2) is 42.5 Å². The standard InChI is InChI=1S/C16H16F2N2O/c1-10-13(16(19)21)3-2-4-14(10)20-9-11-5-7-12(8-6-11)15(17)18/h2-8,15,20H,9H2,1H3,(H2,19,21). The second kappa shape index (κ2) is 6.35. The van der Waals surface area contributed by atoms with E-state index in [-0.39, 0.29) is 5.56 Å². The maximum atomic E-state index is 12.5. The van der Waals surface area contributed by atoms with Gasteiger partial charge in [-0.3, -0.25) is 4.79 Å². The van der Waals surface area contributed by atoms with Crippen LogP contribution >= 0.6 is 0 Å². The van der Waals surface area contributed by atoms with E-state index in [1.54, 1.807) is 24.3 Å². The van der Waals surface area contributed by atoms with Crippen molar-refractivity contribution in [3.8, 4) is 0 Å². The Morgan fingerprint density at radius 2 is 1.86 bits per heavy atom. The highest BCUT2D eigenvalue weighted by atomic mass is 19.3. The monoisotopic (exact) mass is 290 g/mol. The molecule has 0 atom stereocenters. The summed E-state index contributed by atoms with van der Waals surface area (Å²) in [5, 5.41) is 3.18. The lowest BCUT2D eigenvalue weighted by Gasteiger charge is -2.12. The number of rotatable bonds is 5. The lowest BCUT2D eigenvalue weighted by atomic mass is 10.1. The number of nitrogens with one attached hydrogen (secondary N) is 1. The summed E-state index contributed by atoms with van der Waals surface area (Å²) in [6.45, 7) is 2.29. The molecule has 3 N–H and O–H groups in total. The SMILES string of the molecule is Cc1c(NCc2ccc(C(F)F)cc2)cccc1C(N)=O. The van der Waals surface area contributed by atoms with Crippen LogP contribution in [0.2, 0.25) is 0 Å². The molecular formula is C16H16F2N2O. The van der Waals surface area contributed by atoms with Gasteiger partial charge < -0.3 is 11.1 Å². The summed E-state index contributed by atoms with van der Waals surface area (Å²) >= 11 is 0. The summed E-state index contributed by atoms with van der Waals surface area (Å²) in [7, 11) is 0. The zero-order chi connectivity index (χ0) is 15.4. The lowest BCUT2D eigenvalue weighted by molar-refractivity contribution is 0.0999. The van der Waals surface area contributed by atoms with Gasteiger partial charge in [-0.05, 0) is 30.2 Å². The zero-order valence-corrected chi connectivity index (χ0v) is 11.6. The van der Waals surface area contributed by atoms with E-state index in [9.17, 15) is 13.6 Å². The number of halogens is 2. The number of hydrogen-bond donors (Lipinski definition) is 2. The summed E-state index contributed by atoms with van der Waals surface area (Å²) in [6, 6.07) is 11.4. The van der Waals surface area contributed by atoms with Crippen LogP contribution in [0.25, 0.3) is 0 Å². The first-order chi connectivity index (χ1) is 9.99. The molecule has 0 aromatic heterocycles. The van der Waals surface area contributed by atoms with E-state index < -0.39 is 12.3 Å². The average Bonchev–Trinajstić information content (AvgIpc) is 2.46. The molecule has 110 valence electrons. The first kappa shape index (κ1) is 15.0. The molecule has 21 heavy (non-hydrogen) atoms. The Bertz CT molecular complexity index is 639. The van der Waals surface area contributed by atoms with Gasteiger partial charge in [-0.1, -0.05) is 30.3 Å². The molecule has 0 saturated carbocycles. The van der Waals surface area contributed by atoms with Crippen LogP contribution in [0.5, 0.6) is 0 Å². The molecule has 2 rings (SSSR count). The van der Waals surface area contributed by atoms with Crippen molar-refractivity contribution in [1.82, 2.24) is 0 Å². The van der Waals surface area contributed by atoms with Gasteiger partial charge in [0.1, 0.15) is 0 Å². The molecule has 2 aromatic carbocycles. The minimum atomic E-state index is -2.46. The van der Waals surface area contributed by atoms with Crippen LogP contribution < -0.4 is 11.1 Å². The van der Waals surface area contributed by atoms with Gasteiger partial charge in [0.25, 0.3) is 6.43 Å². The van der Waals surface area contributed by atoms with Crippen molar-refractivity contribution in [1.29, 1.82) is 0 Å². The van der Waals surface area contributed by atoms with E-state index in [0.717, 1.165) is 16.8 Å². The van der Waals surface area contributed by atoms with Crippen molar-refractivity contribution >= 4 is 11.6 Å². The number of amides is 1. The highest BCUT2D eigenvalue weighted by Gasteiger charge is 2.09.